The minimum atomic E-state index is 0.0619. The number of hydrogen-bond donors (Lipinski definition) is 2. The number of piperazine rings is 1. The lowest BCUT2D eigenvalue weighted by molar-refractivity contribution is -0.119. The number of nitrogens with one attached hydrogen (secondary N) is 2. The van der Waals surface area contributed by atoms with E-state index in [9.17, 15) is 4.79 Å². The number of likely N-dealkylation sites (tertiary alicyclic amines) is 1. The Morgan fingerprint density at radius 1 is 1.33 bits per heavy atom. The molecule has 0 spiro atoms. The van der Waals surface area contributed by atoms with Crippen molar-refractivity contribution < 1.29 is 4.79 Å². The molecule has 114 valence electrons. The molecule has 1 aromatic carbocycles. The Bertz CT molecular complexity index is 498. The number of carbonyl (C=O) groups excluding carboxylic acids is 1. The molecule has 0 radical (unpaired) electrons. The van der Waals surface area contributed by atoms with Gasteiger partial charge in [-0.15, -0.1) is 0 Å². The second-order valence-corrected chi connectivity index (χ2v) is 6.61. The lowest BCUT2D eigenvalue weighted by Crippen LogP contribution is -2.63. The van der Waals surface area contributed by atoms with Crippen LogP contribution in [-0.2, 0) is 4.79 Å². The van der Waals surface area contributed by atoms with Crippen molar-refractivity contribution in [1.82, 2.24) is 15.1 Å². The van der Waals surface area contributed by atoms with Gasteiger partial charge in [0.15, 0.2) is 0 Å². The van der Waals surface area contributed by atoms with Crippen LogP contribution in [0.2, 0.25) is 0 Å². The van der Waals surface area contributed by atoms with Gasteiger partial charge in [-0.3, -0.25) is 14.6 Å². The van der Waals surface area contributed by atoms with E-state index in [0.29, 0.717) is 12.6 Å². The first kappa shape index (κ1) is 15.0. The molecule has 21 heavy (non-hydrogen) atoms. The highest BCUT2D eigenvalue weighted by Crippen LogP contribution is 2.17. The number of hydrogen-bond acceptors (Lipinski definition) is 4. The second kappa shape index (κ2) is 6.87. The van der Waals surface area contributed by atoms with Crippen LogP contribution in [0.3, 0.4) is 0 Å². The molecule has 2 aliphatic heterocycles. The van der Waals surface area contributed by atoms with Crippen LogP contribution in [-0.4, -0.2) is 67.6 Å². The van der Waals surface area contributed by atoms with Gasteiger partial charge in [-0.25, -0.2) is 0 Å². The van der Waals surface area contributed by atoms with Crippen LogP contribution in [0, 0.1) is 0 Å². The molecule has 2 fully saturated rings. The van der Waals surface area contributed by atoms with Crippen LogP contribution in [0.4, 0.5) is 5.69 Å². The molecule has 0 aliphatic carbocycles. The summed E-state index contributed by atoms with van der Waals surface area (Å²) in [6.45, 7) is 6.91. The minimum absolute atomic E-state index is 0.0619. The molecule has 2 N–H and O–H groups in total. The van der Waals surface area contributed by atoms with Crippen LogP contribution >= 0.6 is 15.9 Å². The van der Waals surface area contributed by atoms with E-state index in [1.165, 1.54) is 0 Å². The Morgan fingerprint density at radius 2 is 2.10 bits per heavy atom. The van der Waals surface area contributed by atoms with Crippen molar-refractivity contribution in [2.45, 2.75) is 6.04 Å². The van der Waals surface area contributed by atoms with Crippen LogP contribution in [0.25, 0.3) is 0 Å². The summed E-state index contributed by atoms with van der Waals surface area (Å²) in [6, 6.07) is 8.32. The molecule has 2 aliphatic rings. The van der Waals surface area contributed by atoms with E-state index in [4.69, 9.17) is 0 Å². The highest BCUT2D eigenvalue weighted by atomic mass is 79.9. The average molecular weight is 353 g/mol. The van der Waals surface area contributed by atoms with Crippen LogP contribution in [0.1, 0.15) is 0 Å². The molecule has 0 atom stereocenters. The molecular formula is C15H21BrN4O. The zero-order chi connectivity index (χ0) is 14.7. The van der Waals surface area contributed by atoms with Gasteiger partial charge in [-0.2, -0.15) is 0 Å². The Kier molecular flexibility index (Phi) is 4.90. The van der Waals surface area contributed by atoms with Gasteiger partial charge in [0.05, 0.1) is 6.54 Å². The zero-order valence-electron chi connectivity index (χ0n) is 12.0. The normalized spacial score (nSPS) is 21.0. The van der Waals surface area contributed by atoms with Crippen molar-refractivity contribution in [3.63, 3.8) is 0 Å². The SMILES string of the molecule is O=C(CN1CC(N2CCNCC2)C1)Nc1cccc(Br)c1. The second-order valence-electron chi connectivity index (χ2n) is 5.69. The van der Waals surface area contributed by atoms with Gasteiger partial charge in [0.25, 0.3) is 0 Å². The van der Waals surface area contributed by atoms with E-state index in [1.807, 2.05) is 24.3 Å². The largest absolute Gasteiger partial charge is 0.325 e. The molecule has 0 aromatic heterocycles. The Balaban J connectivity index is 1.40. The number of carbonyl (C=O) groups is 1. The van der Waals surface area contributed by atoms with Crippen molar-refractivity contribution in [3.8, 4) is 0 Å². The average Bonchev–Trinajstić information content (AvgIpc) is 2.43. The summed E-state index contributed by atoms with van der Waals surface area (Å²) in [5.74, 6) is 0.0619. The first-order valence-electron chi connectivity index (χ1n) is 7.43. The fourth-order valence-corrected chi connectivity index (χ4v) is 3.32. The summed E-state index contributed by atoms with van der Waals surface area (Å²) >= 11 is 3.41. The predicted molar refractivity (Wildman–Crippen MR) is 87.4 cm³/mol. The van der Waals surface area contributed by atoms with Crippen LogP contribution in [0.15, 0.2) is 28.7 Å². The number of nitrogens with zero attached hydrogens (tertiary/aromatic N) is 2. The fourth-order valence-electron chi connectivity index (χ4n) is 2.92. The zero-order valence-corrected chi connectivity index (χ0v) is 13.6. The van der Waals surface area contributed by atoms with Crippen LogP contribution < -0.4 is 10.6 Å². The van der Waals surface area contributed by atoms with E-state index in [0.717, 1.165) is 49.4 Å². The highest BCUT2D eigenvalue weighted by Gasteiger charge is 2.32. The van der Waals surface area contributed by atoms with Gasteiger partial charge in [0.1, 0.15) is 0 Å². The molecular weight excluding hydrogens is 332 g/mol. The monoisotopic (exact) mass is 352 g/mol. The van der Waals surface area contributed by atoms with Crippen molar-refractivity contribution in [2.75, 3.05) is 51.1 Å². The molecule has 3 rings (SSSR count). The van der Waals surface area contributed by atoms with Crippen molar-refractivity contribution >= 4 is 27.5 Å². The first-order valence-corrected chi connectivity index (χ1v) is 8.22. The van der Waals surface area contributed by atoms with Gasteiger partial charge in [0, 0.05) is 55.5 Å². The highest BCUT2D eigenvalue weighted by molar-refractivity contribution is 9.10. The maximum absolute atomic E-state index is 12.0. The summed E-state index contributed by atoms with van der Waals surface area (Å²) in [7, 11) is 0. The van der Waals surface area contributed by atoms with Gasteiger partial charge < -0.3 is 10.6 Å². The van der Waals surface area contributed by atoms with Gasteiger partial charge in [-0.05, 0) is 18.2 Å². The summed E-state index contributed by atoms with van der Waals surface area (Å²) in [6.07, 6.45) is 0. The topological polar surface area (TPSA) is 47.6 Å². The number of benzene rings is 1. The maximum atomic E-state index is 12.0. The van der Waals surface area contributed by atoms with Gasteiger partial charge in [0.2, 0.25) is 5.91 Å². The summed E-state index contributed by atoms with van der Waals surface area (Å²) in [4.78, 5) is 16.8. The molecule has 6 heteroatoms. The summed E-state index contributed by atoms with van der Waals surface area (Å²) < 4.78 is 0.975. The standard InChI is InChI=1S/C15H21BrN4O/c16-12-2-1-3-13(8-12)18-15(21)11-19-9-14(10-19)20-6-4-17-5-7-20/h1-3,8,14,17H,4-7,9-11H2,(H,18,21). The molecule has 1 aromatic rings. The van der Waals surface area contributed by atoms with Gasteiger partial charge in [-0.1, -0.05) is 22.0 Å². The minimum Gasteiger partial charge on any atom is -0.325 e. The molecule has 0 bridgehead atoms. The Morgan fingerprint density at radius 3 is 2.81 bits per heavy atom. The lowest BCUT2D eigenvalue weighted by atomic mass is 10.1. The van der Waals surface area contributed by atoms with Crippen molar-refractivity contribution in [1.29, 1.82) is 0 Å². The smallest absolute Gasteiger partial charge is 0.238 e. The summed E-state index contributed by atoms with van der Waals surface area (Å²) in [5.41, 5.74) is 0.841. The Hall–Kier alpha value is -0.950. The fraction of sp³-hybridized carbons (Fsp3) is 0.533. The van der Waals surface area contributed by atoms with Crippen molar-refractivity contribution in [2.24, 2.45) is 0 Å². The van der Waals surface area contributed by atoms with E-state index < -0.39 is 0 Å². The molecule has 0 saturated carbocycles. The Labute approximate surface area is 133 Å². The summed E-state index contributed by atoms with van der Waals surface area (Å²) in [5, 5.41) is 6.31. The molecule has 2 saturated heterocycles. The van der Waals surface area contributed by atoms with Crippen LogP contribution in [0.5, 0.6) is 0 Å². The molecule has 0 unspecified atom stereocenters. The van der Waals surface area contributed by atoms with Crippen molar-refractivity contribution in [3.05, 3.63) is 28.7 Å². The van der Waals surface area contributed by atoms with Gasteiger partial charge >= 0.3 is 0 Å². The third kappa shape index (κ3) is 4.03. The number of rotatable bonds is 4. The number of halogens is 1. The quantitative estimate of drug-likeness (QED) is 0.847. The van der Waals surface area contributed by atoms with E-state index >= 15 is 0 Å². The van der Waals surface area contributed by atoms with E-state index in [-0.39, 0.29) is 5.91 Å². The third-order valence-electron chi connectivity index (χ3n) is 4.08. The number of amides is 1. The third-order valence-corrected chi connectivity index (χ3v) is 4.57. The first-order chi connectivity index (χ1) is 10.2. The predicted octanol–water partition coefficient (Wildman–Crippen LogP) is 0.977. The molecule has 2 heterocycles. The molecule has 5 nitrogen and oxygen atoms in total. The lowest BCUT2D eigenvalue weighted by Gasteiger charge is -2.46. The number of anilines is 1. The maximum Gasteiger partial charge on any atom is 0.238 e. The van der Waals surface area contributed by atoms with E-state index in [2.05, 4.69) is 36.4 Å². The molecule has 1 amide bonds. The van der Waals surface area contributed by atoms with E-state index in [1.54, 1.807) is 0 Å².